The number of carbonyl (C=O) groups excluding carboxylic acids is 2. The first kappa shape index (κ1) is 17.5. The van der Waals surface area contributed by atoms with E-state index < -0.39 is 23.6 Å². The average Bonchev–Trinajstić information content (AvgIpc) is 3.45. The number of esters is 2. The zero-order valence-corrected chi connectivity index (χ0v) is 15.6. The molecule has 2 bridgehead atoms. The Labute approximate surface area is 162 Å². The fourth-order valence-corrected chi connectivity index (χ4v) is 5.05. The maximum Gasteiger partial charge on any atom is 0.337 e. The number of hydrogen-bond acceptors (Lipinski definition) is 7. The predicted octanol–water partition coefficient (Wildman–Crippen LogP) is 1.91. The van der Waals surface area contributed by atoms with Gasteiger partial charge in [0.25, 0.3) is 0 Å². The number of rotatable bonds is 3. The standard InChI is InChI=1S/C21H21NO6/c1-25-19(23)15-14-7-9-21(28-14,16(15)20(24)26-2)18-12-8-10-27-17(12)11-5-3-4-6-13(11)22-18/h3-7,9,12,14,17-18,22H,8,10H2,1-2H3. The minimum absolute atomic E-state index is 0.0787. The fraction of sp³-hybridized carbons (Fsp3) is 0.429. The van der Waals surface area contributed by atoms with E-state index in [4.69, 9.17) is 18.9 Å². The molecule has 4 aliphatic rings. The van der Waals surface area contributed by atoms with Gasteiger partial charge < -0.3 is 24.3 Å². The van der Waals surface area contributed by atoms with E-state index in [0.29, 0.717) is 6.61 Å². The van der Waals surface area contributed by atoms with Crippen LogP contribution in [0.25, 0.3) is 0 Å². The first-order valence-electron chi connectivity index (χ1n) is 9.36. The molecule has 146 valence electrons. The summed E-state index contributed by atoms with van der Waals surface area (Å²) in [5.74, 6) is -1.08. The van der Waals surface area contributed by atoms with Gasteiger partial charge in [-0.05, 0) is 18.6 Å². The highest BCUT2D eigenvalue weighted by atomic mass is 16.6. The lowest BCUT2D eigenvalue weighted by Crippen LogP contribution is -2.54. The van der Waals surface area contributed by atoms with Crippen LogP contribution in [0.3, 0.4) is 0 Å². The van der Waals surface area contributed by atoms with Crippen molar-refractivity contribution in [3.05, 3.63) is 53.1 Å². The van der Waals surface area contributed by atoms with Crippen molar-refractivity contribution in [2.24, 2.45) is 5.92 Å². The zero-order valence-electron chi connectivity index (χ0n) is 15.6. The van der Waals surface area contributed by atoms with Gasteiger partial charge in [0.15, 0.2) is 0 Å². The number of anilines is 1. The van der Waals surface area contributed by atoms with Crippen molar-refractivity contribution in [2.75, 3.05) is 26.1 Å². The van der Waals surface area contributed by atoms with Crippen LogP contribution >= 0.6 is 0 Å². The van der Waals surface area contributed by atoms with Gasteiger partial charge in [-0.2, -0.15) is 0 Å². The summed E-state index contributed by atoms with van der Waals surface area (Å²) in [6.45, 7) is 0.631. The molecule has 5 atom stereocenters. The number of hydrogen-bond donors (Lipinski definition) is 1. The zero-order chi connectivity index (χ0) is 19.5. The van der Waals surface area contributed by atoms with Crippen molar-refractivity contribution in [3.63, 3.8) is 0 Å². The number of ether oxygens (including phenoxy) is 4. The Morgan fingerprint density at radius 1 is 1.18 bits per heavy atom. The molecule has 28 heavy (non-hydrogen) atoms. The summed E-state index contributed by atoms with van der Waals surface area (Å²) in [6.07, 6.45) is 3.79. The predicted molar refractivity (Wildman–Crippen MR) is 98.5 cm³/mol. The molecule has 0 aliphatic carbocycles. The van der Waals surface area contributed by atoms with Crippen LogP contribution < -0.4 is 5.32 Å². The second-order valence-corrected chi connectivity index (χ2v) is 7.42. The summed E-state index contributed by atoms with van der Waals surface area (Å²) in [4.78, 5) is 25.2. The van der Waals surface area contributed by atoms with Crippen molar-refractivity contribution in [3.8, 4) is 0 Å². The van der Waals surface area contributed by atoms with Crippen LogP contribution in [0.1, 0.15) is 18.1 Å². The minimum Gasteiger partial charge on any atom is -0.466 e. The number of carbonyl (C=O) groups is 2. The molecule has 5 rings (SSSR count). The SMILES string of the molecule is COC(=O)C1=C(C(=O)OC)C2(C3Nc4ccccc4C4OCCC43)C=CC1O2. The van der Waals surface area contributed by atoms with Crippen LogP contribution in [-0.4, -0.2) is 50.5 Å². The van der Waals surface area contributed by atoms with Gasteiger partial charge in [0.1, 0.15) is 11.7 Å². The van der Waals surface area contributed by atoms with Crippen LogP contribution in [0.4, 0.5) is 5.69 Å². The molecule has 5 unspecified atom stereocenters. The van der Waals surface area contributed by atoms with Crippen molar-refractivity contribution >= 4 is 17.6 Å². The van der Waals surface area contributed by atoms with Crippen LogP contribution in [0.15, 0.2) is 47.6 Å². The van der Waals surface area contributed by atoms with Gasteiger partial charge in [0, 0.05) is 23.8 Å². The maximum absolute atomic E-state index is 12.8. The molecule has 0 aromatic heterocycles. The number of fused-ring (bicyclic) bond motifs is 5. The van der Waals surface area contributed by atoms with Gasteiger partial charge in [-0.25, -0.2) is 9.59 Å². The summed E-state index contributed by atoms with van der Waals surface area (Å²) in [5, 5.41) is 3.56. The Bertz CT molecular complexity index is 921. The van der Waals surface area contributed by atoms with Gasteiger partial charge in [-0.3, -0.25) is 0 Å². The van der Waals surface area contributed by atoms with Gasteiger partial charge >= 0.3 is 11.9 Å². The van der Waals surface area contributed by atoms with Crippen molar-refractivity contribution in [2.45, 2.75) is 30.3 Å². The summed E-state index contributed by atoms with van der Waals surface area (Å²) >= 11 is 0. The van der Waals surface area contributed by atoms with Gasteiger partial charge in [0.05, 0.1) is 37.5 Å². The third-order valence-electron chi connectivity index (χ3n) is 6.19. The normalized spacial score (nSPS) is 34.6. The van der Waals surface area contributed by atoms with Crippen LogP contribution in [0.2, 0.25) is 0 Å². The Hall–Kier alpha value is -2.64. The highest BCUT2D eigenvalue weighted by Gasteiger charge is 2.62. The molecular weight excluding hydrogens is 362 g/mol. The largest absolute Gasteiger partial charge is 0.466 e. The highest BCUT2D eigenvalue weighted by molar-refractivity contribution is 6.05. The number of para-hydroxylation sites is 1. The van der Waals surface area contributed by atoms with E-state index in [9.17, 15) is 9.59 Å². The third-order valence-corrected chi connectivity index (χ3v) is 6.19. The lowest BCUT2D eigenvalue weighted by atomic mass is 9.71. The molecule has 0 radical (unpaired) electrons. The quantitative estimate of drug-likeness (QED) is 0.631. The first-order chi connectivity index (χ1) is 13.6. The second kappa shape index (κ2) is 6.18. The van der Waals surface area contributed by atoms with Gasteiger partial charge in [0.2, 0.25) is 0 Å². The minimum atomic E-state index is -1.11. The van der Waals surface area contributed by atoms with Crippen molar-refractivity contribution in [1.29, 1.82) is 0 Å². The molecule has 7 heteroatoms. The Balaban J connectivity index is 1.65. The summed E-state index contributed by atoms with van der Waals surface area (Å²) in [5.41, 5.74) is 1.38. The monoisotopic (exact) mass is 383 g/mol. The lowest BCUT2D eigenvalue weighted by molar-refractivity contribution is -0.139. The molecule has 1 aromatic carbocycles. The van der Waals surface area contributed by atoms with E-state index in [1.165, 1.54) is 14.2 Å². The topological polar surface area (TPSA) is 83.1 Å². The summed E-state index contributed by atoms with van der Waals surface area (Å²) < 4.78 is 22.3. The molecule has 1 saturated heterocycles. The molecule has 4 aliphatic heterocycles. The van der Waals surface area contributed by atoms with E-state index in [1.807, 2.05) is 30.4 Å². The van der Waals surface area contributed by atoms with E-state index in [2.05, 4.69) is 11.4 Å². The smallest absolute Gasteiger partial charge is 0.337 e. The fourth-order valence-electron chi connectivity index (χ4n) is 5.05. The van der Waals surface area contributed by atoms with E-state index in [1.54, 1.807) is 0 Å². The first-order valence-corrected chi connectivity index (χ1v) is 9.36. The van der Waals surface area contributed by atoms with Crippen LogP contribution in [-0.2, 0) is 28.5 Å². The Kier molecular flexibility index (Phi) is 3.86. The van der Waals surface area contributed by atoms with E-state index >= 15 is 0 Å². The molecule has 1 fully saturated rings. The van der Waals surface area contributed by atoms with Gasteiger partial charge in [-0.15, -0.1) is 0 Å². The number of benzene rings is 1. The number of methoxy groups -OCH3 is 2. The summed E-state index contributed by atoms with van der Waals surface area (Å²) in [6, 6.07) is 7.71. The van der Waals surface area contributed by atoms with Gasteiger partial charge in [-0.1, -0.05) is 24.3 Å². The number of nitrogens with one attached hydrogen (secondary N) is 1. The van der Waals surface area contributed by atoms with Crippen LogP contribution in [0.5, 0.6) is 0 Å². The molecule has 1 N–H and O–H groups in total. The maximum atomic E-state index is 12.8. The van der Waals surface area contributed by atoms with E-state index in [-0.39, 0.29) is 29.2 Å². The summed E-state index contributed by atoms with van der Waals surface area (Å²) in [7, 11) is 2.60. The average molecular weight is 383 g/mol. The molecule has 0 amide bonds. The molecule has 1 aromatic rings. The Morgan fingerprint density at radius 3 is 2.75 bits per heavy atom. The molecule has 0 spiro atoms. The highest BCUT2D eigenvalue weighted by Crippen LogP contribution is 2.54. The van der Waals surface area contributed by atoms with Crippen molar-refractivity contribution in [1.82, 2.24) is 0 Å². The third kappa shape index (κ3) is 2.17. The van der Waals surface area contributed by atoms with Crippen LogP contribution in [0, 0.1) is 5.92 Å². The van der Waals surface area contributed by atoms with Crippen molar-refractivity contribution < 1.29 is 28.5 Å². The Morgan fingerprint density at radius 2 is 1.96 bits per heavy atom. The molecular formula is C21H21NO6. The second-order valence-electron chi connectivity index (χ2n) is 7.42. The lowest BCUT2D eigenvalue weighted by Gasteiger charge is -2.44. The molecule has 7 nitrogen and oxygen atoms in total. The molecule has 0 saturated carbocycles. The van der Waals surface area contributed by atoms with E-state index in [0.717, 1.165) is 17.7 Å². The molecule has 4 heterocycles.